The van der Waals surface area contributed by atoms with Crippen molar-refractivity contribution >= 4 is 11.9 Å². The SMILES string of the molecule is COC(=O)CCCCCNC(=O)CCOCC(F)F. The van der Waals surface area contributed by atoms with Crippen LogP contribution in [0.1, 0.15) is 32.1 Å². The van der Waals surface area contributed by atoms with Crippen LogP contribution in [0.15, 0.2) is 0 Å². The summed E-state index contributed by atoms with van der Waals surface area (Å²) in [7, 11) is 1.35. The lowest BCUT2D eigenvalue weighted by molar-refractivity contribution is -0.140. The third kappa shape index (κ3) is 13.0. The Morgan fingerprint density at radius 1 is 1.16 bits per heavy atom. The van der Waals surface area contributed by atoms with Gasteiger partial charge < -0.3 is 14.8 Å². The van der Waals surface area contributed by atoms with Gasteiger partial charge in [-0.15, -0.1) is 0 Å². The van der Waals surface area contributed by atoms with Gasteiger partial charge in [0.1, 0.15) is 6.61 Å². The fraction of sp³-hybridized carbons (Fsp3) is 0.833. The quantitative estimate of drug-likeness (QED) is 0.460. The fourth-order valence-electron chi connectivity index (χ4n) is 1.33. The molecule has 1 amide bonds. The van der Waals surface area contributed by atoms with Crippen molar-refractivity contribution in [3.8, 4) is 0 Å². The van der Waals surface area contributed by atoms with Crippen molar-refractivity contribution in [3.05, 3.63) is 0 Å². The van der Waals surface area contributed by atoms with Gasteiger partial charge in [0.05, 0.1) is 13.7 Å². The van der Waals surface area contributed by atoms with Crippen LogP contribution in [0.3, 0.4) is 0 Å². The van der Waals surface area contributed by atoms with Crippen molar-refractivity contribution in [2.45, 2.75) is 38.5 Å². The van der Waals surface area contributed by atoms with Crippen LogP contribution in [0, 0.1) is 0 Å². The van der Waals surface area contributed by atoms with Gasteiger partial charge in [0.15, 0.2) is 0 Å². The van der Waals surface area contributed by atoms with Crippen molar-refractivity contribution in [1.82, 2.24) is 5.32 Å². The van der Waals surface area contributed by atoms with E-state index in [1.165, 1.54) is 7.11 Å². The number of alkyl halides is 2. The molecular formula is C12H21F2NO4. The van der Waals surface area contributed by atoms with Gasteiger partial charge in [-0.2, -0.15) is 0 Å². The molecule has 0 bridgehead atoms. The third-order valence-corrected chi connectivity index (χ3v) is 2.32. The molecule has 0 aliphatic rings. The lowest BCUT2D eigenvalue weighted by Gasteiger charge is -2.06. The number of methoxy groups -OCH3 is 1. The molecule has 0 aromatic carbocycles. The Morgan fingerprint density at radius 3 is 2.53 bits per heavy atom. The van der Waals surface area contributed by atoms with Gasteiger partial charge in [0.25, 0.3) is 6.43 Å². The van der Waals surface area contributed by atoms with E-state index in [1.807, 2.05) is 0 Å². The average molecular weight is 281 g/mol. The lowest BCUT2D eigenvalue weighted by atomic mass is 10.2. The molecule has 5 nitrogen and oxygen atoms in total. The molecule has 0 radical (unpaired) electrons. The van der Waals surface area contributed by atoms with Gasteiger partial charge in [-0.05, 0) is 12.8 Å². The third-order valence-electron chi connectivity index (χ3n) is 2.32. The van der Waals surface area contributed by atoms with E-state index < -0.39 is 13.0 Å². The van der Waals surface area contributed by atoms with Gasteiger partial charge in [-0.3, -0.25) is 9.59 Å². The number of carbonyl (C=O) groups excluding carboxylic acids is 2. The van der Waals surface area contributed by atoms with Crippen LogP contribution in [-0.2, 0) is 19.1 Å². The zero-order valence-electron chi connectivity index (χ0n) is 11.1. The number of ether oxygens (including phenoxy) is 2. The summed E-state index contributed by atoms with van der Waals surface area (Å²) in [5, 5.41) is 2.65. The van der Waals surface area contributed by atoms with Crippen LogP contribution < -0.4 is 5.32 Å². The van der Waals surface area contributed by atoms with E-state index >= 15 is 0 Å². The van der Waals surface area contributed by atoms with Crippen molar-refractivity contribution in [2.24, 2.45) is 0 Å². The van der Waals surface area contributed by atoms with Gasteiger partial charge in [-0.1, -0.05) is 6.42 Å². The minimum Gasteiger partial charge on any atom is -0.469 e. The highest BCUT2D eigenvalue weighted by Crippen LogP contribution is 2.00. The summed E-state index contributed by atoms with van der Waals surface area (Å²) in [6.07, 6.45) is 0.261. The Labute approximate surface area is 111 Å². The van der Waals surface area contributed by atoms with Crippen molar-refractivity contribution in [1.29, 1.82) is 0 Å². The molecule has 0 saturated carbocycles. The Hall–Kier alpha value is -1.24. The highest BCUT2D eigenvalue weighted by atomic mass is 19.3. The Morgan fingerprint density at radius 2 is 1.89 bits per heavy atom. The number of halogens is 2. The summed E-state index contributed by atoms with van der Waals surface area (Å²) >= 11 is 0. The largest absolute Gasteiger partial charge is 0.469 e. The molecule has 112 valence electrons. The Bertz CT molecular complexity index is 262. The molecular weight excluding hydrogens is 260 g/mol. The van der Waals surface area contributed by atoms with Crippen LogP contribution in [0.25, 0.3) is 0 Å². The number of rotatable bonds is 11. The van der Waals surface area contributed by atoms with Gasteiger partial charge in [0.2, 0.25) is 5.91 Å². The van der Waals surface area contributed by atoms with E-state index in [1.54, 1.807) is 0 Å². The van der Waals surface area contributed by atoms with Crippen LogP contribution in [0.5, 0.6) is 0 Å². The zero-order valence-corrected chi connectivity index (χ0v) is 11.1. The normalized spacial score (nSPS) is 10.5. The van der Waals surface area contributed by atoms with Crippen LogP contribution >= 0.6 is 0 Å². The Kier molecular flexibility index (Phi) is 11.1. The Balaban J connectivity index is 3.27. The summed E-state index contributed by atoms with van der Waals surface area (Å²) in [6, 6.07) is 0. The molecule has 0 fully saturated rings. The molecule has 0 aliphatic carbocycles. The summed E-state index contributed by atoms with van der Waals surface area (Å²) in [6.45, 7) is -0.131. The van der Waals surface area contributed by atoms with E-state index in [2.05, 4.69) is 14.8 Å². The maximum absolute atomic E-state index is 11.7. The number of unbranched alkanes of at least 4 members (excludes halogenated alkanes) is 2. The zero-order chi connectivity index (χ0) is 14.5. The first-order valence-corrected chi connectivity index (χ1v) is 6.25. The molecule has 0 unspecified atom stereocenters. The summed E-state index contributed by atoms with van der Waals surface area (Å²) in [4.78, 5) is 22.0. The van der Waals surface area contributed by atoms with Crippen LogP contribution in [0.2, 0.25) is 0 Å². The number of amides is 1. The number of nitrogens with one attached hydrogen (secondary N) is 1. The van der Waals surface area contributed by atoms with Gasteiger partial charge in [0, 0.05) is 19.4 Å². The molecule has 0 atom stereocenters. The highest BCUT2D eigenvalue weighted by Gasteiger charge is 2.04. The van der Waals surface area contributed by atoms with E-state index in [9.17, 15) is 18.4 Å². The minimum absolute atomic E-state index is 0.00147. The van der Waals surface area contributed by atoms with Gasteiger partial charge in [-0.25, -0.2) is 8.78 Å². The molecule has 0 saturated heterocycles. The lowest BCUT2D eigenvalue weighted by Crippen LogP contribution is -2.25. The second-order valence-electron chi connectivity index (χ2n) is 3.95. The van der Waals surface area contributed by atoms with E-state index in [-0.39, 0.29) is 24.9 Å². The van der Waals surface area contributed by atoms with E-state index in [0.717, 1.165) is 19.3 Å². The average Bonchev–Trinajstić information content (AvgIpc) is 2.38. The van der Waals surface area contributed by atoms with Crippen molar-refractivity contribution in [3.63, 3.8) is 0 Å². The first kappa shape index (κ1) is 17.8. The maximum Gasteiger partial charge on any atom is 0.305 e. The molecule has 0 rings (SSSR count). The molecule has 7 heteroatoms. The van der Waals surface area contributed by atoms with Crippen molar-refractivity contribution < 1.29 is 27.8 Å². The van der Waals surface area contributed by atoms with Crippen LogP contribution in [0.4, 0.5) is 8.78 Å². The first-order valence-electron chi connectivity index (χ1n) is 6.25. The number of carbonyl (C=O) groups is 2. The smallest absolute Gasteiger partial charge is 0.305 e. The summed E-state index contributed by atoms with van der Waals surface area (Å²) < 4.78 is 32.5. The first-order chi connectivity index (χ1) is 9.06. The molecule has 0 heterocycles. The van der Waals surface area contributed by atoms with E-state index in [4.69, 9.17) is 0 Å². The predicted octanol–water partition coefficient (Wildman–Crippen LogP) is 1.51. The van der Waals surface area contributed by atoms with Crippen molar-refractivity contribution in [2.75, 3.05) is 26.9 Å². The molecule has 0 aromatic rings. The monoisotopic (exact) mass is 281 g/mol. The number of esters is 1. The second kappa shape index (κ2) is 11.8. The molecule has 0 aromatic heterocycles. The standard InChI is InChI=1S/C12H21F2NO4/c1-18-12(17)5-3-2-4-7-15-11(16)6-8-19-9-10(13)14/h10H,2-9H2,1H3,(H,15,16). The minimum atomic E-state index is -2.50. The second-order valence-corrected chi connectivity index (χ2v) is 3.95. The summed E-state index contributed by atoms with van der Waals surface area (Å²) in [5.41, 5.74) is 0. The molecule has 0 spiro atoms. The highest BCUT2D eigenvalue weighted by molar-refractivity contribution is 5.75. The fourth-order valence-corrected chi connectivity index (χ4v) is 1.33. The number of hydrogen-bond acceptors (Lipinski definition) is 4. The van der Waals surface area contributed by atoms with Crippen LogP contribution in [-0.4, -0.2) is 45.2 Å². The van der Waals surface area contributed by atoms with Gasteiger partial charge >= 0.3 is 5.97 Å². The predicted molar refractivity (Wildman–Crippen MR) is 64.9 cm³/mol. The maximum atomic E-state index is 11.7. The molecule has 1 N–H and O–H groups in total. The number of hydrogen-bond donors (Lipinski definition) is 1. The topological polar surface area (TPSA) is 64.6 Å². The summed E-state index contributed by atoms with van der Waals surface area (Å²) in [5.74, 6) is -0.456. The van der Waals surface area contributed by atoms with E-state index in [0.29, 0.717) is 13.0 Å². The molecule has 0 aliphatic heterocycles. The molecule has 19 heavy (non-hydrogen) atoms.